The quantitative estimate of drug-likeness (QED) is 0.834. The van der Waals surface area contributed by atoms with Crippen LogP contribution in [-0.4, -0.2) is 33.2 Å². The summed E-state index contributed by atoms with van der Waals surface area (Å²) in [5.74, 6) is -1.65. The van der Waals surface area contributed by atoms with E-state index < -0.39 is 17.9 Å². The molecule has 0 saturated heterocycles. The summed E-state index contributed by atoms with van der Waals surface area (Å²) in [6.07, 6.45) is 0.565. The third-order valence-electron chi connectivity index (χ3n) is 2.79. The zero-order valence-electron chi connectivity index (χ0n) is 11.6. The molecule has 19 heavy (non-hydrogen) atoms. The van der Waals surface area contributed by atoms with Gasteiger partial charge in [-0.1, -0.05) is 20.8 Å². The van der Waals surface area contributed by atoms with Crippen molar-refractivity contribution in [2.75, 3.05) is 0 Å². The lowest BCUT2D eigenvalue weighted by Gasteiger charge is -2.18. The number of carboxylic acid groups (broad SMARTS) is 1. The van der Waals surface area contributed by atoms with Crippen LogP contribution in [0.4, 0.5) is 0 Å². The molecule has 0 saturated carbocycles. The number of hydrogen-bond donors (Lipinski definition) is 2. The Balaban J connectivity index is 3.00. The zero-order valence-corrected chi connectivity index (χ0v) is 11.6. The fraction of sp³-hybridized carbons (Fsp3) is 0.538. The van der Waals surface area contributed by atoms with Crippen molar-refractivity contribution in [1.82, 2.24) is 15.5 Å². The number of carboxylic acids is 1. The molecule has 1 aromatic rings. The lowest BCUT2D eigenvalue weighted by atomic mass is 10.0. The minimum atomic E-state index is -1.04. The smallest absolute Gasteiger partial charge is 0.326 e. The largest absolute Gasteiger partial charge is 0.480 e. The summed E-state index contributed by atoms with van der Waals surface area (Å²) in [5, 5.41) is 19.5. The van der Waals surface area contributed by atoms with Crippen molar-refractivity contribution < 1.29 is 14.7 Å². The van der Waals surface area contributed by atoms with Crippen LogP contribution in [0.3, 0.4) is 0 Å². The number of carbonyl (C=O) groups excluding carboxylic acids is 1. The number of hydrogen-bond acceptors (Lipinski definition) is 4. The second kappa shape index (κ2) is 6.26. The Hall–Kier alpha value is -1.98. The lowest BCUT2D eigenvalue weighted by molar-refractivity contribution is -0.140. The van der Waals surface area contributed by atoms with Gasteiger partial charge >= 0.3 is 5.97 Å². The van der Waals surface area contributed by atoms with Gasteiger partial charge in [-0.3, -0.25) is 4.79 Å². The Kier molecular flexibility index (Phi) is 4.97. The Morgan fingerprint density at radius 2 is 2.00 bits per heavy atom. The van der Waals surface area contributed by atoms with Crippen LogP contribution in [0.5, 0.6) is 0 Å². The predicted octanol–water partition coefficient (Wildman–Crippen LogP) is 1.19. The van der Waals surface area contributed by atoms with E-state index in [-0.39, 0.29) is 5.92 Å². The molecule has 0 unspecified atom stereocenters. The molecule has 1 rings (SSSR count). The normalized spacial score (nSPS) is 12.3. The predicted molar refractivity (Wildman–Crippen MR) is 69.9 cm³/mol. The molecule has 0 bridgehead atoms. The molecule has 1 aromatic heterocycles. The highest BCUT2D eigenvalue weighted by molar-refractivity contribution is 5.97. The molecular formula is C13H19N3O3. The monoisotopic (exact) mass is 265 g/mol. The van der Waals surface area contributed by atoms with E-state index in [1.54, 1.807) is 26.8 Å². The molecule has 1 amide bonds. The maximum Gasteiger partial charge on any atom is 0.326 e. The van der Waals surface area contributed by atoms with E-state index >= 15 is 0 Å². The van der Waals surface area contributed by atoms with Gasteiger partial charge in [0.1, 0.15) is 6.04 Å². The van der Waals surface area contributed by atoms with E-state index in [1.165, 1.54) is 0 Å². The summed E-state index contributed by atoms with van der Waals surface area (Å²) in [6, 6.07) is 0.714. The highest BCUT2D eigenvalue weighted by Crippen LogP contribution is 2.09. The SMILES string of the molecule is CCc1nnc(C)cc1C(=O)N[C@@H](C(=O)O)C(C)C. The van der Waals surface area contributed by atoms with Crippen molar-refractivity contribution in [1.29, 1.82) is 0 Å². The van der Waals surface area contributed by atoms with Crippen molar-refractivity contribution >= 4 is 11.9 Å². The summed E-state index contributed by atoms with van der Waals surface area (Å²) in [6.45, 7) is 7.10. The van der Waals surface area contributed by atoms with Crippen LogP contribution in [0.1, 0.15) is 42.5 Å². The summed E-state index contributed by atoms with van der Waals surface area (Å²) in [7, 11) is 0. The van der Waals surface area contributed by atoms with Crippen LogP contribution < -0.4 is 5.32 Å². The molecule has 0 radical (unpaired) electrons. The molecule has 2 N–H and O–H groups in total. The molecule has 0 aliphatic heterocycles. The van der Waals surface area contributed by atoms with Gasteiger partial charge in [-0.15, -0.1) is 0 Å². The van der Waals surface area contributed by atoms with Crippen LogP contribution >= 0.6 is 0 Å². The average Bonchev–Trinajstić information content (AvgIpc) is 2.34. The lowest BCUT2D eigenvalue weighted by Crippen LogP contribution is -2.44. The van der Waals surface area contributed by atoms with Gasteiger partial charge < -0.3 is 10.4 Å². The minimum Gasteiger partial charge on any atom is -0.480 e. The first-order chi connectivity index (χ1) is 8.86. The van der Waals surface area contributed by atoms with E-state index in [2.05, 4.69) is 15.5 Å². The van der Waals surface area contributed by atoms with Crippen molar-refractivity contribution in [2.24, 2.45) is 5.92 Å². The second-order valence-electron chi connectivity index (χ2n) is 4.73. The molecule has 1 heterocycles. The number of aryl methyl sites for hydroxylation is 2. The Morgan fingerprint density at radius 1 is 1.37 bits per heavy atom. The van der Waals surface area contributed by atoms with Gasteiger partial charge in [0.15, 0.2) is 0 Å². The number of nitrogens with one attached hydrogen (secondary N) is 1. The summed E-state index contributed by atoms with van der Waals surface area (Å²) < 4.78 is 0. The second-order valence-corrected chi connectivity index (χ2v) is 4.73. The highest BCUT2D eigenvalue weighted by Gasteiger charge is 2.25. The first kappa shape index (κ1) is 15.1. The summed E-state index contributed by atoms with van der Waals surface area (Å²) in [4.78, 5) is 23.2. The molecule has 6 nitrogen and oxygen atoms in total. The topological polar surface area (TPSA) is 92.2 Å². The van der Waals surface area contributed by atoms with Gasteiger partial charge in [-0.05, 0) is 25.3 Å². The number of aliphatic carboxylic acids is 1. The average molecular weight is 265 g/mol. The number of carbonyl (C=O) groups is 2. The summed E-state index contributed by atoms with van der Waals surface area (Å²) >= 11 is 0. The fourth-order valence-corrected chi connectivity index (χ4v) is 1.70. The highest BCUT2D eigenvalue weighted by atomic mass is 16.4. The van der Waals surface area contributed by atoms with Crippen molar-refractivity contribution in [2.45, 2.75) is 40.2 Å². The molecule has 6 heteroatoms. The molecular weight excluding hydrogens is 246 g/mol. The van der Waals surface area contributed by atoms with Gasteiger partial charge in [0.2, 0.25) is 0 Å². The van der Waals surface area contributed by atoms with Crippen molar-refractivity contribution in [3.63, 3.8) is 0 Å². The third-order valence-corrected chi connectivity index (χ3v) is 2.79. The molecule has 1 atom stereocenters. The van der Waals surface area contributed by atoms with E-state index in [9.17, 15) is 9.59 Å². The standard InChI is InChI=1S/C13H19N3O3/c1-5-10-9(6-8(4)15-16-10)12(17)14-11(7(2)3)13(18)19/h6-7,11H,5H2,1-4H3,(H,14,17)(H,18,19)/t11-/m1/s1. The van der Waals surface area contributed by atoms with E-state index in [0.29, 0.717) is 23.4 Å². The minimum absolute atomic E-state index is 0.192. The zero-order chi connectivity index (χ0) is 14.6. The first-order valence-corrected chi connectivity index (χ1v) is 6.23. The first-order valence-electron chi connectivity index (χ1n) is 6.23. The van der Waals surface area contributed by atoms with E-state index in [0.717, 1.165) is 0 Å². The maximum absolute atomic E-state index is 12.2. The number of amides is 1. The van der Waals surface area contributed by atoms with Crippen LogP contribution in [-0.2, 0) is 11.2 Å². The van der Waals surface area contributed by atoms with Crippen LogP contribution in [0.15, 0.2) is 6.07 Å². The van der Waals surface area contributed by atoms with Crippen LogP contribution in [0.2, 0.25) is 0 Å². The molecule has 0 aliphatic carbocycles. The molecule has 0 aromatic carbocycles. The third kappa shape index (κ3) is 3.74. The van der Waals surface area contributed by atoms with Crippen molar-refractivity contribution in [3.8, 4) is 0 Å². The fourth-order valence-electron chi connectivity index (χ4n) is 1.70. The molecule has 0 fully saturated rings. The van der Waals surface area contributed by atoms with Gasteiger partial charge in [-0.2, -0.15) is 10.2 Å². The van der Waals surface area contributed by atoms with E-state index in [1.807, 2.05) is 6.92 Å². The number of rotatable bonds is 5. The van der Waals surface area contributed by atoms with Crippen LogP contribution in [0.25, 0.3) is 0 Å². The van der Waals surface area contributed by atoms with Gasteiger partial charge in [0.25, 0.3) is 5.91 Å². The van der Waals surface area contributed by atoms with Crippen LogP contribution in [0, 0.1) is 12.8 Å². The molecule has 104 valence electrons. The van der Waals surface area contributed by atoms with Gasteiger partial charge in [0, 0.05) is 0 Å². The molecule has 0 spiro atoms. The Labute approximate surface area is 112 Å². The van der Waals surface area contributed by atoms with E-state index in [4.69, 9.17) is 5.11 Å². The Bertz CT molecular complexity index is 486. The van der Waals surface area contributed by atoms with Crippen molar-refractivity contribution in [3.05, 3.63) is 23.0 Å². The molecule has 0 aliphatic rings. The summed E-state index contributed by atoms with van der Waals surface area (Å²) in [5.41, 5.74) is 1.58. The maximum atomic E-state index is 12.2. The number of aromatic nitrogens is 2. The van der Waals surface area contributed by atoms with Gasteiger partial charge in [-0.25, -0.2) is 4.79 Å². The Morgan fingerprint density at radius 3 is 2.47 bits per heavy atom. The number of nitrogens with zero attached hydrogens (tertiary/aromatic N) is 2. The van der Waals surface area contributed by atoms with Gasteiger partial charge in [0.05, 0.1) is 17.0 Å².